The third-order valence-corrected chi connectivity index (χ3v) is 5.31. The minimum Gasteiger partial charge on any atom is -0.507 e. The number of carbonyl (C=O) groups excluding carboxylic acids is 1. The molecule has 2 heterocycles. The Morgan fingerprint density at radius 2 is 1.88 bits per heavy atom. The summed E-state index contributed by atoms with van der Waals surface area (Å²) in [6.45, 7) is 5.64. The van der Waals surface area contributed by atoms with E-state index in [9.17, 15) is 14.3 Å². The van der Waals surface area contributed by atoms with E-state index in [0.29, 0.717) is 54.6 Å². The van der Waals surface area contributed by atoms with Crippen LogP contribution in [0.3, 0.4) is 0 Å². The quantitative estimate of drug-likeness (QED) is 0.452. The summed E-state index contributed by atoms with van der Waals surface area (Å²) in [5.74, 6) is 0.154. The van der Waals surface area contributed by atoms with Gasteiger partial charge in [0, 0.05) is 30.5 Å². The van der Waals surface area contributed by atoms with Gasteiger partial charge in [0.25, 0.3) is 5.91 Å². The zero-order valence-electron chi connectivity index (χ0n) is 19.0. The number of aryl methyl sites for hydroxylation is 2. The van der Waals surface area contributed by atoms with Crippen molar-refractivity contribution in [1.29, 1.82) is 0 Å². The number of amides is 1. The van der Waals surface area contributed by atoms with Crippen molar-refractivity contribution in [1.82, 2.24) is 14.9 Å². The molecule has 0 radical (unpaired) electrons. The first-order valence-electron chi connectivity index (χ1n) is 10.8. The Balaban J connectivity index is 1.42. The summed E-state index contributed by atoms with van der Waals surface area (Å²) in [6.07, 6.45) is 1.07. The lowest BCUT2D eigenvalue weighted by molar-refractivity contribution is -0.137. The number of anilines is 4. The summed E-state index contributed by atoms with van der Waals surface area (Å²) < 4.78 is 25.2. The highest BCUT2D eigenvalue weighted by Crippen LogP contribution is 2.28. The fourth-order valence-corrected chi connectivity index (χ4v) is 3.52. The van der Waals surface area contributed by atoms with Crippen LogP contribution in [0.5, 0.6) is 11.5 Å². The molecular formula is C24H26FN5O4. The van der Waals surface area contributed by atoms with Gasteiger partial charge in [0.2, 0.25) is 5.95 Å². The van der Waals surface area contributed by atoms with Crippen molar-refractivity contribution in [3.8, 4) is 11.5 Å². The summed E-state index contributed by atoms with van der Waals surface area (Å²) in [7, 11) is 0. The number of hydrogen-bond donors (Lipinski definition) is 3. The molecule has 1 aromatic heterocycles. The van der Waals surface area contributed by atoms with Gasteiger partial charge in [0.1, 0.15) is 11.5 Å². The van der Waals surface area contributed by atoms with Crippen molar-refractivity contribution in [2.24, 2.45) is 0 Å². The van der Waals surface area contributed by atoms with E-state index in [1.807, 2.05) is 0 Å². The van der Waals surface area contributed by atoms with Crippen LogP contribution >= 0.6 is 0 Å². The lowest BCUT2D eigenvalue weighted by Crippen LogP contribution is -2.42. The van der Waals surface area contributed by atoms with E-state index in [2.05, 4.69) is 20.6 Å². The molecule has 178 valence electrons. The van der Waals surface area contributed by atoms with Crippen molar-refractivity contribution in [2.75, 3.05) is 43.5 Å². The second-order valence-corrected chi connectivity index (χ2v) is 7.91. The van der Waals surface area contributed by atoms with Crippen molar-refractivity contribution in [2.45, 2.75) is 13.8 Å². The van der Waals surface area contributed by atoms with Gasteiger partial charge < -0.3 is 30.1 Å². The zero-order chi connectivity index (χ0) is 24.1. The lowest BCUT2D eigenvalue weighted by Gasteiger charge is -2.26. The van der Waals surface area contributed by atoms with E-state index in [0.717, 1.165) is 6.20 Å². The Bertz CT molecular complexity index is 1160. The Morgan fingerprint density at radius 1 is 1.15 bits per heavy atom. The molecule has 0 bridgehead atoms. The van der Waals surface area contributed by atoms with Crippen LogP contribution in [0, 0.1) is 19.7 Å². The number of morpholine rings is 1. The third-order valence-electron chi connectivity index (χ3n) is 5.31. The molecule has 3 N–H and O–H groups in total. The van der Waals surface area contributed by atoms with Crippen LogP contribution in [0.15, 0.2) is 42.6 Å². The van der Waals surface area contributed by atoms with Gasteiger partial charge in [-0.15, -0.1) is 0 Å². The van der Waals surface area contributed by atoms with Gasteiger partial charge in [-0.3, -0.25) is 4.79 Å². The van der Waals surface area contributed by atoms with Crippen LogP contribution in [-0.4, -0.2) is 58.8 Å². The van der Waals surface area contributed by atoms with Gasteiger partial charge >= 0.3 is 0 Å². The molecular weight excluding hydrogens is 441 g/mol. The summed E-state index contributed by atoms with van der Waals surface area (Å²) >= 11 is 0. The molecule has 2 aromatic carbocycles. The summed E-state index contributed by atoms with van der Waals surface area (Å²) in [4.78, 5) is 22.2. The molecule has 0 spiro atoms. The van der Waals surface area contributed by atoms with Gasteiger partial charge in [-0.2, -0.15) is 4.98 Å². The predicted molar refractivity (Wildman–Crippen MR) is 125 cm³/mol. The fraction of sp³-hybridized carbons (Fsp3) is 0.292. The number of nitrogens with zero attached hydrogens (tertiary/aromatic N) is 3. The maximum atomic E-state index is 14.3. The normalized spacial score (nSPS) is 13.4. The van der Waals surface area contributed by atoms with Crippen LogP contribution < -0.4 is 15.4 Å². The first-order chi connectivity index (χ1) is 16.4. The summed E-state index contributed by atoms with van der Waals surface area (Å²) in [5, 5.41) is 15.9. The van der Waals surface area contributed by atoms with Gasteiger partial charge in [-0.25, -0.2) is 9.37 Å². The molecule has 3 aromatic rings. The largest absolute Gasteiger partial charge is 0.507 e. The minimum absolute atomic E-state index is 0.00879. The van der Waals surface area contributed by atoms with Crippen molar-refractivity contribution in [3.05, 3.63) is 59.5 Å². The Hall–Kier alpha value is -3.92. The number of nitrogens with one attached hydrogen (secondary N) is 2. The molecule has 10 heteroatoms. The number of phenols is 1. The van der Waals surface area contributed by atoms with Gasteiger partial charge in [0.15, 0.2) is 18.2 Å². The van der Waals surface area contributed by atoms with E-state index < -0.39 is 5.82 Å². The smallest absolute Gasteiger partial charge is 0.260 e. The first-order valence-corrected chi connectivity index (χ1v) is 10.8. The summed E-state index contributed by atoms with van der Waals surface area (Å²) in [6, 6.07) is 10.4. The predicted octanol–water partition coefficient (Wildman–Crippen LogP) is 3.66. The Morgan fingerprint density at radius 3 is 2.62 bits per heavy atom. The van der Waals surface area contributed by atoms with E-state index in [1.165, 1.54) is 0 Å². The third kappa shape index (κ3) is 5.70. The number of phenolic OH excluding ortho intramolecular Hbond substituents is 1. The van der Waals surface area contributed by atoms with Crippen LogP contribution in [0.4, 0.5) is 27.5 Å². The molecule has 1 fully saturated rings. The van der Waals surface area contributed by atoms with Crippen LogP contribution in [0.2, 0.25) is 0 Å². The van der Waals surface area contributed by atoms with E-state index in [4.69, 9.17) is 9.47 Å². The molecule has 34 heavy (non-hydrogen) atoms. The standard InChI is InChI=1S/C24H26FN5O4/c1-15-10-18(11-16(2)22(15)32)27-23-20(25)13-26-24(29-23)28-17-4-3-5-19(12-17)34-14-21(31)30-6-8-33-9-7-30/h3-5,10-13,32H,6-9,14H2,1-2H3,(H2,26,27,28,29). The molecule has 0 aliphatic carbocycles. The monoisotopic (exact) mass is 467 g/mol. The van der Waals surface area contributed by atoms with Crippen molar-refractivity contribution < 1.29 is 23.8 Å². The van der Waals surface area contributed by atoms with Crippen molar-refractivity contribution >= 4 is 29.0 Å². The fourth-order valence-electron chi connectivity index (χ4n) is 3.52. The van der Waals surface area contributed by atoms with Gasteiger partial charge in [-0.1, -0.05) is 6.07 Å². The highest BCUT2D eigenvalue weighted by Gasteiger charge is 2.17. The molecule has 0 unspecified atom stereocenters. The molecule has 4 rings (SSSR count). The number of benzene rings is 2. The molecule has 1 amide bonds. The number of hydrogen-bond acceptors (Lipinski definition) is 8. The molecule has 1 saturated heterocycles. The second-order valence-electron chi connectivity index (χ2n) is 7.91. The molecule has 1 aliphatic rings. The van der Waals surface area contributed by atoms with Gasteiger partial charge in [-0.05, 0) is 49.2 Å². The maximum absolute atomic E-state index is 14.3. The molecule has 9 nitrogen and oxygen atoms in total. The number of ether oxygens (including phenoxy) is 2. The van der Waals surface area contributed by atoms with Crippen LogP contribution in [0.1, 0.15) is 11.1 Å². The van der Waals surface area contributed by atoms with Crippen LogP contribution in [-0.2, 0) is 9.53 Å². The zero-order valence-corrected chi connectivity index (χ0v) is 19.0. The minimum atomic E-state index is -0.618. The molecule has 1 aliphatic heterocycles. The number of aromatic nitrogens is 2. The number of halogens is 1. The average Bonchev–Trinajstić information content (AvgIpc) is 2.84. The molecule has 0 atom stereocenters. The van der Waals surface area contributed by atoms with Crippen LogP contribution in [0.25, 0.3) is 0 Å². The maximum Gasteiger partial charge on any atom is 0.260 e. The topological polar surface area (TPSA) is 109 Å². The van der Waals surface area contributed by atoms with E-state index in [1.54, 1.807) is 55.1 Å². The number of rotatable bonds is 7. The molecule has 0 saturated carbocycles. The first kappa shape index (κ1) is 23.2. The van der Waals surface area contributed by atoms with E-state index >= 15 is 0 Å². The highest BCUT2D eigenvalue weighted by atomic mass is 19.1. The van der Waals surface area contributed by atoms with Crippen molar-refractivity contribution in [3.63, 3.8) is 0 Å². The van der Waals surface area contributed by atoms with E-state index in [-0.39, 0.29) is 30.0 Å². The number of carbonyl (C=O) groups is 1. The Kier molecular flexibility index (Phi) is 7.07. The summed E-state index contributed by atoms with van der Waals surface area (Å²) in [5.41, 5.74) is 2.54. The Labute approximate surface area is 196 Å². The van der Waals surface area contributed by atoms with Gasteiger partial charge in [0.05, 0.1) is 19.4 Å². The SMILES string of the molecule is Cc1cc(Nc2nc(Nc3cccc(OCC(=O)N4CCOCC4)c3)ncc2F)cc(C)c1O. The average molecular weight is 468 g/mol. The lowest BCUT2D eigenvalue weighted by atomic mass is 10.1. The second kappa shape index (κ2) is 10.3. The number of aromatic hydroxyl groups is 1. The highest BCUT2D eigenvalue weighted by molar-refractivity contribution is 5.78.